The van der Waals surface area contributed by atoms with Crippen LogP contribution in [0.25, 0.3) is 0 Å². The Morgan fingerprint density at radius 1 is 1.35 bits per heavy atom. The first-order valence-corrected chi connectivity index (χ1v) is 7.66. The molecule has 0 spiro atoms. The van der Waals surface area contributed by atoms with Gasteiger partial charge in [-0.1, -0.05) is 18.2 Å². The van der Waals surface area contributed by atoms with E-state index in [1.54, 1.807) is 30.1 Å². The Hall–Kier alpha value is -3.62. The number of para-hydroxylation sites is 1. The van der Waals surface area contributed by atoms with E-state index in [2.05, 4.69) is 10.3 Å². The van der Waals surface area contributed by atoms with Gasteiger partial charge in [0.15, 0.2) is 5.76 Å². The minimum absolute atomic E-state index is 0.161. The van der Waals surface area contributed by atoms with Crippen LogP contribution < -0.4 is 10.1 Å². The SMILES string of the molecule is COc1ccccc1C(NC(=O)c1ccc([N+](=O)[O-])o1)c1nccn1C. The molecule has 1 amide bonds. The van der Waals surface area contributed by atoms with E-state index < -0.39 is 22.8 Å². The van der Waals surface area contributed by atoms with Crippen LogP contribution in [0.2, 0.25) is 0 Å². The summed E-state index contributed by atoms with van der Waals surface area (Å²) in [6.07, 6.45) is 3.36. The molecule has 1 aromatic carbocycles. The maximum Gasteiger partial charge on any atom is 0.433 e. The standard InChI is InChI=1S/C17H16N4O5/c1-20-10-9-18-16(20)15(11-5-3-4-6-12(11)25-2)19-17(22)13-7-8-14(26-13)21(23)24/h3-10,15H,1-2H3,(H,19,22). The predicted molar refractivity (Wildman–Crippen MR) is 90.9 cm³/mol. The van der Waals surface area contributed by atoms with Crippen LogP contribution in [0.1, 0.15) is 28.0 Å². The van der Waals surface area contributed by atoms with E-state index in [-0.39, 0.29) is 5.76 Å². The Morgan fingerprint density at radius 2 is 2.12 bits per heavy atom. The fourth-order valence-corrected chi connectivity index (χ4v) is 2.59. The first kappa shape index (κ1) is 17.2. The smallest absolute Gasteiger partial charge is 0.433 e. The molecule has 9 heteroatoms. The lowest BCUT2D eigenvalue weighted by Gasteiger charge is -2.20. The molecular formula is C17H16N4O5. The van der Waals surface area contributed by atoms with Crippen LogP contribution in [0.15, 0.2) is 53.2 Å². The molecule has 0 bridgehead atoms. The van der Waals surface area contributed by atoms with Crippen LogP contribution in [0, 0.1) is 10.1 Å². The van der Waals surface area contributed by atoms with Crippen LogP contribution in [-0.2, 0) is 7.05 Å². The molecule has 0 radical (unpaired) electrons. The maximum atomic E-state index is 12.6. The van der Waals surface area contributed by atoms with E-state index in [0.717, 1.165) is 6.07 Å². The number of imidazole rings is 1. The monoisotopic (exact) mass is 356 g/mol. The summed E-state index contributed by atoms with van der Waals surface area (Å²) in [6, 6.07) is 8.97. The molecular weight excluding hydrogens is 340 g/mol. The summed E-state index contributed by atoms with van der Waals surface area (Å²) in [6.45, 7) is 0. The quantitative estimate of drug-likeness (QED) is 0.536. The van der Waals surface area contributed by atoms with Gasteiger partial charge in [-0.3, -0.25) is 14.9 Å². The molecule has 3 aromatic rings. The number of nitrogens with zero attached hydrogens (tertiary/aromatic N) is 3. The summed E-state index contributed by atoms with van der Waals surface area (Å²) in [4.78, 5) is 26.9. The van der Waals surface area contributed by atoms with Gasteiger partial charge in [-0.15, -0.1) is 0 Å². The number of carbonyl (C=O) groups excluding carboxylic acids is 1. The number of rotatable bonds is 6. The van der Waals surface area contributed by atoms with Gasteiger partial charge in [0.25, 0.3) is 5.91 Å². The average Bonchev–Trinajstić information content (AvgIpc) is 3.29. The molecule has 0 aliphatic rings. The van der Waals surface area contributed by atoms with Crippen LogP contribution >= 0.6 is 0 Å². The van der Waals surface area contributed by atoms with Crippen molar-refractivity contribution in [2.45, 2.75) is 6.04 Å². The highest BCUT2D eigenvalue weighted by atomic mass is 16.6. The van der Waals surface area contributed by atoms with Crippen molar-refractivity contribution in [2.75, 3.05) is 7.11 Å². The molecule has 1 atom stereocenters. The Bertz CT molecular complexity index is 946. The summed E-state index contributed by atoms with van der Waals surface area (Å²) in [5.74, 6) is -0.112. The van der Waals surface area contributed by atoms with Crippen LogP contribution in [0.5, 0.6) is 5.75 Å². The second kappa shape index (κ2) is 7.09. The first-order chi connectivity index (χ1) is 12.5. The zero-order valence-electron chi connectivity index (χ0n) is 14.1. The highest BCUT2D eigenvalue weighted by Gasteiger charge is 2.26. The fourth-order valence-electron chi connectivity index (χ4n) is 2.59. The number of methoxy groups -OCH3 is 1. The van der Waals surface area contributed by atoms with Crippen molar-refractivity contribution < 1.29 is 18.9 Å². The van der Waals surface area contributed by atoms with Crippen molar-refractivity contribution in [1.29, 1.82) is 0 Å². The largest absolute Gasteiger partial charge is 0.496 e. The average molecular weight is 356 g/mol. The van der Waals surface area contributed by atoms with E-state index in [9.17, 15) is 14.9 Å². The number of aromatic nitrogens is 2. The number of amides is 1. The second-order valence-electron chi connectivity index (χ2n) is 5.44. The van der Waals surface area contributed by atoms with Crippen LogP contribution in [-0.4, -0.2) is 27.5 Å². The number of aryl methyl sites for hydroxylation is 1. The van der Waals surface area contributed by atoms with E-state index in [1.807, 2.05) is 18.2 Å². The summed E-state index contributed by atoms with van der Waals surface area (Å²) in [5, 5.41) is 13.5. The number of nitrogens with one attached hydrogen (secondary N) is 1. The molecule has 2 aromatic heterocycles. The maximum absolute atomic E-state index is 12.6. The minimum Gasteiger partial charge on any atom is -0.496 e. The number of benzene rings is 1. The minimum atomic E-state index is -0.701. The second-order valence-corrected chi connectivity index (χ2v) is 5.44. The highest BCUT2D eigenvalue weighted by Crippen LogP contribution is 2.29. The van der Waals surface area contributed by atoms with Crippen molar-refractivity contribution in [3.8, 4) is 5.75 Å². The highest BCUT2D eigenvalue weighted by molar-refractivity contribution is 5.92. The Kier molecular flexibility index (Phi) is 4.70. The molecule has 26 heavy (non-hydrogen) atoms. The fraction of sp³-hybridized carbons (Fsp3) is 0.176. The Balaban J connectivity index is 1.97. The third kappa shape index (κ3) is 3.27. The van der Waals surface area contributed by atoms with Gasteiger partial charge in [0, 0.05) is 25.0 Å². The molecule has 1 N–H and O–H groups in total. The first-order valence-electron chi connectivity index (χ1n) is 7.66. The van der Waals surface area contributed by atoms with Gasteiger partial charge in [0.2, 0.25) is 0 Å². The normalized spacial score (nSPS) is 11.8. The van der Waals surface area contributed by atoms with Crippen molar-refractivity contribution in [2.24, 2.45) is 7.05 Å². The lowest BCUT2D eigenvalue weighted by Crippen LogP contribution is -2.31. The molecule has 0 aliphatic carbocycles. The Morgan fingerprint density at radius 3 is 2.73 bits per heavy atom. The molecule has 0 fully saturated rings. The third-order valence-corrected chi connectivity index (χ3v) is 3.84. The number of hydrogen-bond donors (Lipinski definition) is 1. The summed E-state index contributed by atoms with van der Waals surface area (Å²) < 4.78 is 12.1. The van der Waals surface area contributed by atoms with Gasteiger partial charge in [-0.2, -0.15) is 0 Å². The molecule has 2 heterocycles. The molecule has 1 unspecified atom stereocenters. The number of ether oxygens (including phenoxy) is 1. The van der Waals surface area contributed by atoms with Gasteiger partial charge in [0.1, 0.15) is 22.5 Å². The molecule has 9 nitrogen and oxygen atoms in total. The molecule has 3 rings (SSSR count). The predicted octanol–water partition coefficient (Wildman–Crippen LogP) is 2.45. The van der Waals surface area contributed by atoms with E-state index in [1.165, 1.54) is 13.2 Å². The Labute approximate surface area is 148 Å². The lowest BCUT2D eigenvalue weighted by atomic mass is 10.0. The van der Waals surface area contributed by atoms with E-state index in [0.29, 0.717) is 17.1 Å². The van der Waals surface area contributed by atoms with Gasteiger partial charge >= 0.3 is 5.88 Å². The topological polar surface area (TPSA) is 112 Å². The summed E-state index contributed by atoms with van der Waals surface area (Å²) >= 11 is 0. The molecule has 134 valence electrons. The van der Waals surface area contributed by atoms with E-state index in [4.69, 9.17) is 9.15 Å². The van der Waals surface area contributed by atoms with Crippen LogP contribution in [0.3, 0.4) is 0 Å². The van der Waals surface area contributed by atoms with Crippen LogP contribution in [0.4, 0.5) is 5.88 Å². The van der Waals surface area contributed by atoms with Gasteiger partial charge < -0.3 is 19.0 Å². The zero-order chi connectivity index (χ0) is 18.7. The van der Waals surface area contributed by atoms with Gasteiger partial charge in [0.05, 0.1) is 13.2 Å². The van der Waals surface area contributed by atoms with Crippen molar-refractivity contribution in [3.63, 3.8) is 0 Å². The zero-order valence-corrected chi connectivity index (χ0v) is 14.1. The molecule has 0 saturated heterocycles. The lowest BCUT2D eigenvalue weighted by molar-refractivity contribution is -0.402. The number of nitro groups is 1. The number of furan rings is 1. The third-order valence-electron chi connectivity index (χ3n) is 3.84. The van der Waals surface area contributed by atoms with Crippen molar-refractivity contribution in [1.82, 2.24) is 14.9 Å². The van der Waals surface area contributed by atoms with Crippen molar-refractivity contribution in [3.05, 3.63) is 76.1 Å². The summed E-state index contributed by atoms with van der Waals surface area (Å²) in [5.41, 5.74) is 0.693. The number of hydrogen-bond acceptors (Lipinski definition) is 6. The molecule has 0 saturated carbocycles. The van der Waals surface area contributed by atoms with Gasteiger partial charge in [-0.25, -0.2) is 4.98 Å². The number of carbonyl (C=O) groups is 1. The van der Waals surface area contributed by atoms with Gasteiger partial charge in [-0.05, 0) is 12.1 Å². The molecule has 0 aliphatic heterocycles. The summed E-state index contributed by atoms with van der Waals surface area (Å²) in [7, 11) is 3.33. The van der Waals surface area contributed by atoms with E-state index >= 15 is 0 Å². The van der Waals surface area contributed by atoms with Crippen molar-refractivity contribution >= 4 is 11.8 Å².